The van der Waals surface area contributed by atoms with E-state index in [4.69, 9.17) is 5.26 Å². The van der Waals surface area contributed by atoms with E-state index in [0.717, 1.165) is 21.8 Å². The molecular weight excluding hydrogens is 244 g/mol. The number of nitriles is 1. The Labute approximate surface area is 111 Å². The zero-order valence-corrected chi connectivity index (χ0v) is 11.2. The first-order valence-corrected chi connectivity index (χ1v) is 6.41. The maximum Gasteiger partial charge on any atom is 0.100 e. The second-order valence-electron chi connectivity index (χ2n) is 4.05. The van der Waals surface area contributed by atoms with Crippen molar-refractivity contribution in [3.05, 3.63) is 40.3 Å². The van der Waals surface area contributed by atoms with Crippen LogP contribution in [0.5, 0.6) is 0 Å². The van der Waals surface area contributed by atoms with Crippen LogP contribution < -0.4 is 10.2 Å². The predicted octanol–water partition coefficient (Wildman–Crippen LogP) is 2.69. The Bertz CT molecular complexity index is 568. The number of hydrogen-bond donors (Lipinski definition) is 1. The van der Waals surface area contributed by atoms with Crippen molar-refractivity contribution in [3.63, 3.8) is 0 Å². The Kier molecular flexibility index (Phi) is 3.80. The monoisotopic (exact) mass is 258 g/mol. The smallest absolute Gasteiger partial charge is 0.100 e. The fourth-order valence-corrected chi connectivity index (χ4v) is 2.38. The third-order valence-electron chi connectivity index (χ3n) is 2.52. The van der Waals surface area contributed by atoms with Gasteiger partial charge in [0.25, 0.3) is 0 Å². The average molecular weight is 258 g/mol. The van der Waals surface area contributed by atoms with Crippen LogP contribution in [0.4, 0.5) is 11.4 Å². The highest BCUT2D eigenvalue weighted by Crippen LogP contribution is 2.23. The van der Waals surface area contributed by atoms with Gasteiger partial charge in [0.1, 0.15) is 6.07 Å². The number of nitrogens with one attached hydrogen (secondary N) is 1. The average Bonchev–Trinajstić information content (AvgIpc) is 2.84. The van der Waals surface area contributed by atoms with E-state index in [0.29, 0.717) is 6.54 Å². The topological polar surface area (TPSA) is 52.0 Å². The van der Waals surface area contributed by atoms with E-state index < -0.39 is 0 Å². The van der Waals surface area contributed by atoms with Crippen LogP contribution in [0.3, 0.4) is 0 Å². The van der Waals surface area contributed by atoms with Crippen molar-refractivity contribution in [2.75, 3.05) is 24.3 Å². The number of rotatable bonds is 4. The summed E-state index contributed by atoms with van der Waals surface area (Å²) in [6.45, 7) is 0.707. The largest absolute Gasteiger partial charge is 0.377 e. The molecule has 5 heteroatoms. The summed E-state index contributed by atoms with van der Waals surface area (Å²) < 4.78 is 0. The number of thiophene rings is 1. The zero-order chi connectivity index (χ0) is 13.0. The van der Waals surface area contributed by atoms with Gasteiger partial charge in [0.2, 0.25) is 0 Å². The maximum atomic E-state index is 8.77. The molecule has 2 aromatic heterocycles. The molecule has 0 aliphatic heterocycles. The molecule has 2 heterocycles. The SMILES string of the molecule is CN(C)c1ccncc1NCc1cc(C#N)cs1. The molecule has 0 fully saturated rings. The van der Waals surface area contributed by atoms with E-state index in [9.17, 15) is 0 Å². The molecule has 0 saturated carbocycles. The lowest BCUT2D eigenvalue weighted by molar-refractivity contribution is 1.10. The molecule has 0 amide bonds. The minimum Gasteiger partial charge on any atom is -0.377 e. The first-order chi connectivity index (χ1) is 8.70. The highest BCUT2D eigenvalue weighted by Gasteiger charge is 2.05. The number of aromatic nitrogens is 1. The molecule has 92 valence electrons. The molecule has 0 aliphatic rings. The first kappa shape index (κ1) is 12.4. The molecule has 4 nitrogen and oxygen atoms in total. The van der Waals surface area contributed by atoms with Gasteiger partial charge < -0.3 is 10.2 Å². The van der Waals surface area contributed by atoms with Crippen molar-refractivity contribution in [2.24, 2.45) is 0 Å². The summed E-state index contributed by atoms with van der Waals surface area (Å²) in [5, 5.41) is 14.0. The van der Waals surface area contributed by atoms with Crippen molar-refractivity contribution in [2.45, 2.75) is 6.54 Å². The van der Waals surface area contributed by atoms with Gasteiger partial charge in [-0.3, -0.25) is 4.98 Å². The van der Waals surface area contributed by atoms with Crippen LogP contribution in [-0.2, 0) is 6.54 Å². The van der Waals surface area contributed by atoms with Gasteiger partial charge in [-0.05, 0) is 12.1 Å². The van der Waals surface area contributed by atoms with Gasteiger partial charge in [-0.25, -0.2) is 0 Å². The van der Waals surface area contributed by atoms with Crippen LogP contribution in [0, 0.1) is 11.3 Å². The fourth-order valence-electron chi connectivity index (χ4n) is 1.63. The summed E-state index contributed by atoms with van der Waals surface area (Å²) >= 11 is 1.59. The van der Waals surface area contributed by atoms with Gasteiger partial charge in [0, 0.05) is 37.1 Å². The molecular formula is C13H14N4S. The summed E-state index contributed by atoms with van der Waals surface area (Å²) in [7, 11) is 4.00. The highest BCUT2D eigenvalue weighted by atomic mass is 32.1. The Hall–Kier alpha value is -2.06. The Morgan fingerprint density at radius 2 is 2.33 bits per heavy atom. The van der Waals surface area contributed by atoms with Crippen LogP contribution >= 0.6 is 11.3 Å². The molecule has 0 bridgehead atoms. The maximum absolute atomic E-state index is 8.77. The van der Waals surface area contributed by atoms with Crippen molar-refractivity contribution in [1.82, 2.24) is 4.98 Å². The molecule has 0 radical (unpaired) electrons. The van der Waals surface area contributed by atoms with Gasteiger partial charge in [-0.15, -0.1) is 11.3 Å². The lowest BCUT2D eigenvalue weighted by Gasteiger charge is -2.17. The predicted molar refractivity (Wildman–Crippen MR) is 74.9 cm³/mol. The fraction of sp³-hybridized carbons (Fsp3) is 0.231. The van der Waals surface area contributed by atoms with E-state index in [-0.39, 0.29) is 0 Å². The number of nitrogens with zero attached hydrogens (tertiary/aromatic N) is 3. The van der Waals surface area contributed by atoms with Gasteiger partial charge in [0.05, 0.1) is 23.1 Å². The summed E-state index contributed by atoms with van der Waals surface area (Å²) in [5.74, 6) is 0. The van der Waals surface area contributed by atoms with E-state index in [1.807, 2.05) is 42.7 Å². The second kappa shape index (κ2) is 5.52. The third-order valence-corrected chi connectivity index (χ3v) is 3.45. The standard InChI is InChI=1S/C13H14N4S/c1-17(2)13-3-4-15-8-12(13)16-7-11-5-10(6-14)9-18-11/h3-5,8-9,16H,7H2,1-2H3. The first-order valence-electron chi connectivity index (χ1n) is 5.53. The van der Waals surface area contributed by atoms with Crippen LogP contribution in [0.15, 0.2) is 29.9 Å². The Morgan fingerprint density at radius 1 is 1.50 bits per heavy atom. The lowest BCUT2D eigenvalue weighted by atomic mass is 10.3. The van der Waals surface area contributed by atoms with Crippen LogP contribution in [0.25, 0.3) is 0 Å². The highest BCUT2D eigenvalue weighted by molar-refractivity contribution is 7.10. The van der Waals surface area contributed by atoms with Gasteiger partial charge >= 0.3 is 0 Å². The molecule has 0 atom stereocenters. The zero-order valence-electron chi connectivity index (χ0n) is 10.3. The number of hydrogen-bond acceptors (Lipinski definition) is 5. The third kappa shape index (κ3) is 2.79. The number of anilines is 2. The molecule has 0 saturated heterocycles. The van der Waals surface area contributed by atoms with E-state index in [2.05, 4.69) is 16.4 Å². The second-order valence-corrected chi connectivity index (χ2v) is 5.05. The summed E-state index contributed by atoms with van der Waals surface area (Å²) in [5.41, 5.74) is 2.81. The van der Waals surface area contributed by atoms with E-state index in [1.54, 1.807) is 17.5 Å². The van der Waals surface area contributed by atoms with Gasteiger partial charge in [0.15, 0.2) is 0 Å². The van der Waals surface area contributed by atoms with Crippen LogP contribution in [-0.4, -0.2) is 19.1 Å². The van der Waals surface area contributed by atoms with Crippen molar-refractivity contribution in [1.29, 1.82) is 5.26 Å². The summed E-state index contributed by atoms with van der Waals surface area (Å²) in [4.78, 5) is 7.30. The minimum atomic E-state index is 0.707. The molecule has 0 unspecified atom stereocenters. The Morgan fingerprint density at radius 3 is 3.00 bits per heavy atom. The molecule has 0 spiro atoms. The van der Waals surface area contributed by atoms with Gasteiger partial charge in [-0.2, -0.15) is 5.26 Å². The summed E-state index contributed by atoms with van der Waals surface area (Å²) in [6.07, 6.45) is 3.59. The summed E-state index contributed by atoms with van der Waals surface area (Å²) in [6, 6.07) is 6.01. The van der Waals surface area contributed by atoms with Crippen molar-refractivity contribution in [3.8, 4) is 6.07 Å². The molecule has 2 aromatic rings. The molecule has 18 heavy (non-hydrogen) atoms. The quantitative estimate of drug-likeness (QED) is 0.916. The Balaban J connectivity index is 2.08. The van der Waals surface area contributed by atoms with E-state index >= 15 is 0 Å². The normalized spacial score (nSPS) is 9.83. The van der Waals surface area contributed by atoms with E-state index in [1.165, 1.54) is 0 Å². The lowest BCUT2D eigenvalue weighted by Crippen LogP contribution is -2.12. The minimum absolute atomic E-state index is 0.707. The molecule has 1 N–H and O–H groups in total. The van der Waals surface area contributed by atoms with Crippen LogP contribution in [0.2, 0.25) is 0 Å². The van der Waals surface area contributed by atoms with Gasteiger partial charge in [-0.1, -0.05) is 0 Å². The van der Waals surface area contributed by atoms with Crippen molar-refractivity contribution >= 4 is 22.7 Å². The van der Waals surface area contributed by atoms with Crippen LogP contribution in [0.1, 0.15) is 10.4 Å². The molecule has 0 aliphatic carbocycles. The molecule has 0 aromatic carbocycles. The van der Waals surface area contributed by atoms with Crippen molar-refractivity contribution < 1.29 is 0 Å². The molecule has 2 rings (SSSR count). The number of pyridine rings is 1.